The lowest BCUT2D eigenvalue weighted by atomic mass is 10.0. The van der Waals surface area contributed by atoms with Crippen LogP contribution in [0.4, 0.5) is 13.2 Å². The van der Waals surface area contributed by atoms with Crippen LogP contribution in [0, 0.1) is 0 Å². The molecule has 5 heteroatoms. The monoisotopic (exact) mass is 257 g/mol. The Morgan fingerprint density at radius 2 is 2.00 bits per heavy atom. The van der Waals surface area contributed by atoms with Crippen molar-refractivity contribution in [2.75, 3.05) is 0 Å². The molecule has 1 aromatic heterocycles. The third-order valence-electron chi connectivity index (χ3n) is 2.40. The van der Waals surface area contributed by atoms with E-state index >= 15 is 0 Å². The van der Waals surface area contributed by atoms with Gasteiger partial charge in [-0.3, -0.25) is 0 Å². The molecule has 0 spiro atoms. The fourth-order valence-corrected chi connectivity index (χ4v) is 1.72. The summed E-state index contributed by atoms with van der Waals surface area (Å²) in [5.41, 5.74) is -0.857. The lowest BCUT2D eigenvalue weighted by Crippen LogP contribution is -2.09. The minimum absolute atomic E-state index is 0.0271. The van der Waals surface area contributed by atoms with E-state index in [-0.39, 0.29) is 10.7 Å². The maximum atomic E-state index is 12.6. The van der Waals surface area contributed by atoms with Crippen molar-refractivity contribution in [1.82, 2.24) is 4.98 Å². The molecule has 17 heavy (non-hydrogen) atoms. The zero-order valence-corrected chi connectivity index (χ0v) is 9.31. The number of fused-ring (bicyclic) bond motifs is 1. The van der Waals surface area contributed by atoms with E-state index in [1.807, 2.05) is 0 Å². The third kappa shape index (κ3) is 2.26. The van der Waals surface area contributed by atoms with Gasteiger partial charge in [-0.05, 0) is 17.0 Å². The Bertz CT molecular complexity index is 590. The van der Waals surface area contributed by atoms with Gasteiger partial charge in [-0.15, -0.1) is 0 Å². The van der Waals surface area contributed by atoms with Crippen LogP contribution in [0.25, 0.3) is 16.3 Å². The summed E-state index contributed by atoms with van der Waals surface area (Å²) in [6.45, 7) is 3.09. The Kier molecular flexibility index (Phi) is 2.83. The van der Waals surface area contributed by atoms with Crippen molar-refractivity contribution in [2.45, 2.75) is 6.18 Å². The topological polar surface area (TPSA) is 12.9 Å². The van der Waals surface area contributed by atoms with E-state index in [0.29, 0.717) is 10.8 Å². The molecule has 1 heterocycles. The molecule has 0 aliphatic heterocycles. The molecule has 0 radical (unpaired) electrons. The molecule has 0 aliphatic rings. The second kappa shape index (κ2) is 4.04. The van der Waals surface area contributed by atoms with Crippen molar-refractivity contribution in [3.8, 4) is 0 Å². The first-order valence-electron chi connectivity index (χ1n) is 4.70. The average Bonchev–Trinajstić information content (AvgIpc) is 2.26. The molecular weight excluding hydrogens is 251 g/mol. The number of alkyl halides is 3. The first-order chi connectivity index (χ1) is 7.89. The Hall–Kier alpha value is -1.55. The third-order valence-corrected chi connectivity index (χ3v) is 2.60. The van der Waals surface area contributed by atoms with Gasteiger partial charge in [-0.1, -0.05) is 36.4 Å². The standard InChI is InChI=1S/C12H7ClF3N/c1-7(12(14,15)16)9-4-2-3-8-6-17-11(13)5-10(8)9/h2-6H,1H2. The van der Waals surface area contributed by atoms with Gasteiger partial charge in [0, 0.05) is 11.6 Å². The molecule has 0 fully saturated rings. The quantitative estimate of drug-likeness (QED) is 0.687. The largest absolute Gasteiger partial charge is 0.416 e. The molecule has 0 aliphatic carbocycles. The molecule has 0 saturated heterocycles. The predicted molar refractivity (Wildman–Crippen MR) is 61.8 cm³/mol. The molecule has 2 rings (SSSR count). The summed E-state index contributed by atoms with van der Waals surface area (Å²) in [6.07, 6.45) is -3.02. The van der Waals surface area contributed by atoms with E-state index in [9.17, 15) is 13.2 Å². The fraction of sp³-hybridized carbons (Fsp3) is 0.0833. The van der Waals surface area contributed by atoms with E-state index in [1.165, 1.54) is 24.4 Å². The highest BCUT2D eigenvalue weighted by atomic mass is 35.5. The van der Waals surface area contributed by atoms with E-state index < -0.39 is 11.7 Å². The average molecular weight is 258 g/mol. The summed E-state index contributed by atoms with van der Waals surface area (Å²) >= 11 is 5.69. The van der Waals surface area contributed by atoms with Crippen molar-refractivity contribution in [3.63, 3.8) is 0 Å². The Morgan fingerprint density at radius 3 is 2.65 bits per heavy atom. The first-order valence-corrected chi connectivity index (χ1v) is 5.08. The van der Waals surface area contributed by atoms with Crippen LogP contribution in [0.3, 0.4) is 0 Å². The second-order valence-corrected chi connectivity index (χ2v) is 3.90. The summed E-state index contributed by atoms with van der Waals surface area (Å²) in [5.74, 6) is 0. The highest BCUT2D eigenvalue weighted by molar-refractivity contribution is 6.30. The molecule has 88 valence electrons. The van der Waals surface area contributed by atoms with Crippen LogP contribution >= 0.6 is 11.6 Å². The number of pyridine rings is 1. The maximum absolute atomic E-state index is 12.6. The number of allylic oxidation sites excluding steroid dienone is 1. The van der Waals surface area contributed by atoms with E-state index in [0.717, 1.165) is 0 Å². The number of benzene rings is 1. The second-order valence-electron chi connectivity index (χ2n) is 3.51. The maximum Gasteiger partial charge on any atom is 0.416 e. The van der Waals surface area contributed by atoms with Crippen LogP contribution in [0.5, 0.6) is 0 Å². The molecule has 0 N–H and O–H groups in total. The fourth-order valence-electron chi connectivity index (χ4n) is 1.56. The minimum atomic E-state index is -4.45. The molecule has 2 aromatic rings. The van der Waals surface area contributed by atoms with Crippen LogP contribution < -0.4 is 0 Å². The SMILES string of the molecule is C=C(c1cccc2cnc(Cl)cc12)C(F)(F)F. The highest BCUT2D eigenvalue weighted by Crippen LogP contribution is 2.36. The number of halogens is 4. The zero-order valence-electron chi connectivity index (χ0n) is 8.55. The molecule has 0 unspecified atom stereocenters. The predicted octanol–water partition coefficient (Wildman–Crippen LogP) is 4.46. The van der Waals surface area contributed by atoms with E-state index in [2.05, 4.69) is 11.6 Å². The van der Waals surface area contributed by atoms with Gasteiger partial charge in [0.1, 0.15) is 5.15 Å². The number of hydrogen-bond donors (Lipinski definition) is 0. The molecule has 0 atom stereocenters. The molecular formula is C12H7ClF3N. The smallest absolute Gasteiger partial charge is 0.244 e. The van der Waals surface area contributed by atoms with Crippen LogP contribution in [0.15, 0.2) is 37.0 Å². The Labute approximate surface area is 101 Å². The highest BCUT2D eigenvalue weighted by Gasteiger charge is 2.33. The number of hydrogen-bond acceptors (Lipinski definition) is 1. The summed E-state index contributed by atoms with van der Waals surface area (Å²) in [4.78, 5) is 3.82. The number of nitrogens with zero attached hydrogens (tertiary/aromatic N) is 1. The van der Waals surface area contributed by atoms with Crippen molar-refractivity contribution < 1.29 is 13.2 Å². The summed E-state index contributed by atoms with van der Waals surface area (Å²) in [7, 11) is 0. The Morgan fingerprint density at radius 1 is 1.29 bits per heavy atom. The lowest BCUT2D eigenvalue weighted by molar-refractivity contribution is -0.0685. The summed E-state index contributed by atoms with van der Waals surface area (Å²) in [5, 5.41) is 1.15. The summed E-state index contributed by atoms with van der Waals surface area (Å²) < 4.78 is 37.8. The van der Waals surface area contributed by atoms with Crippen molar-refractivity contribution in [3.05, 3.63) is 47.8 Å². The van der Waals surface area contributed by atoms with E-state index in [4.69, 9.17) is 11.6 Å². The minimum Gasteiger partial charge on any atom is -0.244 e. The normalized spacial score (nSPS) is 11.8. The van der Waals surface area contributed by atoms with Gasteiger partial charge in [0.05, 0.1) is 5.57 Å². The van der Waals surface area contributed by atoms with Gasteiger partial charge in [0.2, 0.25) is 0 Å². The van der Waals surface area contributed by atoms with Crippen LogP contribution in [-0.4, -0.2) is 11.2 Å². The van der Waals surface area contributed by atoms with Crippen molar-refractivity contribution >= 4 is 27.9 Å². The first kappa shape index (κ1) is 11.9. The van der Waals surface area contributed by atoms with Crippen LogP contribution in [0.1, 0.15) is 5.56 Å². The van der Waals surface area contributed by atoms with Gasteiger partial charge in [-0.2, -0.15) is 13.2 Å². The molecule has 0 bridgehead atoms. The van der Waals surface area contributed by atoms with Crippen LogP contribution in [0.2, 0.25) is 5.15 Å². The van der Waals surface area contributed by atoms with Crippen molar-refractivity contribution in [1.29, 1.82) is 0 Å². The lowest BCUT2D eigenvalue weighted by Gasteiger charge is -2.12. The van der Waals surface area contributed by atoms with Crippen LogP contribution in [-0.2, 0) is 0 Å². The van der Waals surface area contributed by atoms with Crippen molar-refractivity contribution in [2.24, 2.45) is 0 Å². The van der Waals surface area contributed by atoms with E-state index in [1.54, 1.807) is 6.07 Å². The molecule has 0 saturated carbocycles. The number of rotatable bonds is 1. The summed E-state index contributed by atoms with van der Waals surface area (Å²) in [6, 6.07) is 5.98. The zero-order chi connectivity index (χ0) is 12.6. The molecule has 1 aromatic carbocycles. The van der Waals surface area contributed by atoms with Gasteiger partial charge < -0.3 is 0 Å². The van der Waals surface area contributed by atoms with Gasteiger partial charge in [0.25, 0.3) is 0 Å². The Balaban J connectivity index is 2.70. The molecule has 0 amide bonds. The number of aromatic nitrogens is 1. The molecule has 1 nitrogen and oxygen atoms in total. The van der Waals surface area contributed by atoms with Gasteiger partial charge in [0.15, 0.2) is 0 Å². The van der Waals surface area contributed by atoms with Gasteiger partial charge >= 0.3 is 6.18 Å². The van der Waals surface area contributed by atoms with Gasteiger partial charge in [-0.25, -0.2) is 4.98 Å².